The molecule has 3 N–H and O–H groups in total. The molecule has 0 aromatic heterocycles. The van der Waals surface area contributed by atoms with Crippen molar-refractivity contribution in [3.63, 3.8) is 0 Å². The first-order chi connectivity index (χ1) is 16.0. The second-order valence-corrected chi connectivity index (χ2v) is 13.6. The van der Waals surface area contributed by atoms with Crippen LogP contribution in [-0.2, 0) is 14.3 Å². The van der Waals surface area contributed by atoms with Crippen LogP contribution in [0.2, 0.25) is 0 Å². The van der Waals surface area contributed by atoms with Gasteiger partial charge in [-0.15, -0.1) is 18.3 Å². The highest BCUT2D eigenvalue weighted by atomic mass is 32.2. The van der Waals surface area contributed by atoms with E-state index in [4.69, 9.17) is 10.5 Å². The third-order valence-electron chi connectivity index (χ3n) is 10.7. The van der Waals surface area contributed by atoms with Crippen LogP contribution in [0.15, 0.2) is 12.7 Å². The first-order valence-electron chi connectivity index (χ1n) is 13.4. The molecule has 10 atom stereocenters. The van der Waals surface area contributed by atoms with E-state index in [0.717, 1.165) is 38.5 Å². The monoisotopic (exact) mass is 491 g/mol. The molecule has 0 saturated heterocycles. The van der Waals surface area contributed by atoms with Gasteiger partial charge in [0.15, 0.2) is 0 Å². The average molecular weight is 492 g/mol. The first kappa shape index (κ1) is 26.2. The molecule has 0 spiro atoms. The fourth-order valence-corrected chi connectivity index (χ4v) is 9.34. The minimum absolute atomic E-state index is 0.0150. The maximum absolute atomic E-state index is 13.5. The summed E-state index contributed by atoms with van der Waals surface area (Å²) in [7, 11) is 0. The highest BCUT2D eigenvalue weighted by Crippen LogP contribution is 2.68. The number of carbonyl (C=O) groups is 2. The van der Waals surface area contributed by atoms with Crippen molar-refractivity contribution in [3.8, 4) is 0 Å². The van der Waals surface area contributed by atoms with Gasteiger partial charge in [-0.25, -0.2) is 0 Å². The summed E-state index contributed by atoms with van der Waals surface area (Å²) >= 11 is 1.62. The quantitative estimate of drug-likeness (QED) is 0.420. The Morgan fingerprint density at radius 2 is 1.94 bits per heavy atom. The Morgan fingerprint density at radius 3 is 2.62 bits per heavy atom. The topological polar surface area (TPSA) is 89.6 Å². The second-order valence-electron chi connectivity index (χ2n) is 12.4. The molecule has 0 aromatic carbocycles. The van der Waals surface area contributed by atoms with Gasteiger partial charge >= 0.3 is 5.97 Å². The van der Waals surface area contributed by atoms with E-state index in [0.29, 0.717) is 23.9 Å². The van der Waals surface area contributed by atoms with Crippen molar-refractivity contribution in [2.24, 2.45) is 39.7 Å². The van der Waals surface area contributed by atoms with Gasteiger partial charge in [0.2, 0.25) is 0 Å². The molecular formula is C28H45NO4S. The normalized spacial score (nSPS) is 49.0. The molecule has 2 bridgehead atoms. The van der Waals surface area contributed by atoms with Crippen LogP contribution in [0, 0.1) is 34.0 Å². The van der Waals surface area contributed by atoms with E-state index in [2.05, 4.69) is 27.4 Å². The average Bonchev–Trinajstić information content (AvgIpc) is 3.17. The number of carbonyl (C=O) groups excluding carboxylic acids is 2. The van der Waals surface area contributed by atoms with Crippen LogP contribution < -0.4 is 5.73 Å². The molecule has 4 aliphatic rings. The lowest BCUT2D eigenvalue weighted by Gasteiger charge is -2.61. The van der Waals surface area contributed by atoms with Crippen LogP contribution in [0.1, 0.15) is 85.5 Å². The summed E-state index contributed by atoms with van der Waals surface area (Å²) in [6, 6.07) is 0.140. The lowest BCUT2D eigenvalue weighted by atomic mass is 9.44. The van der Waals surface area contributed by atoms with Gasteiger partial charge in [-0.1, -0.05) is 46.6 Å². The lowest BCUT2D eigenvalue weighted by Crippen LogP contribution is -2.63. The molecule has 4 rings (SSSR count). The van der Waals surface area contributed by atoms with E-state index >= 15 is 0 Å². The molecule has 0 heterocycles. The molecule has 4 aliphatic carbocycles. The molecule has 0 radical (unpaired) electrons. The van der Waals surface area contributed by atoms with Crippen LogP contribution in [0.3, 0.4) is 0 Å². The number of ether oxygens (including phenoxy) is 1. The summed E-state index contributed by atoms with van der Waals surface area (Å²) in [4.78, 5) is 26.7. The number of ketones is 1. The third-order valence-corrected chi connectivity index (χ3v) is 12.2. The van der Waals surface area contributed by atoms with E-state index in [1.54, 1.807) is 11.8 Å². The Bertz CT molecular complexity index is 818. The van der Waals surface area contributed by atoms with Gasteiger partial charge in [0.05, 0.1) is 11.9 Å². The molecule has 0 aliphatic heterocycles. The van der Waals surface area contributed by atoms with Crippen molar-refractivity contribution in [2.75, 3.05) is 5.75 Å². The minimum atomic E-state index is -0.632. The molecule has 5 nitrogen and oxygen atoms in total. The first-order valence-corrected chi connectivity index (χ1v) is 14.5. The van der Waals surface area contributed by atoms with Crippen LogP contribution in [-0.4, -0.2) is 46.1 Å². The zero-order valence-electron chi connectivity index (χ0n) is 21.6. The molecule has 0 aromatic rings. The fourth-order valence-electron chi connectivity index (χ4n) is 8.20. The molecule has 34 heavy (non-hydrogen) atoms. The zero-order valence-corrected chi connectivity index (χ0v) is 22.4. The van der Waals surface area contributed by atoms with Gasteiger partial charge in [0.25, 0.3) is 0 Å². The SMILES string of the molecule is C=C[C@]1(C)C[C@@H](OC(=O)CSC2CCCCC2N)[C@@]2(C)C(C)CCC3(CCC(=O)C32)[C@@H](C)C1O. The van der Waals surface area contributed by atoms with Crippen LogP contribution in [0.4, 0.5) is 0 Å². The molecule has 4 saturated carbocycles. The van der Waals surface area contributed by atoms with Crippen LogP contribution in [0.25, 0.3) is 0 Å². The Hall–Kier alpha value is -0.850. The van der Waals surface area contributed by atoms with Crippen LogP contribution >= 0.6 is 11.8 Å². The third kappa shape index (κ3) is 4.10. The molecule has 0 amide bonds. The number of aliphatic hydroxyl groups excluding tert-OH is 1. The second kappa shape index (κ2) is 9.55. The summed E-state index contributed by atoms with van der Waals surface area (Å²) in [5, 5.41) is 11.9. The predicted molar refractivity (Wildman–Crippen MR) is 137 cm³/mol. The summed E-state index contributed by atoms with van der Waals surface area (Å²) in [6.07, 6.45) is 8.98. The summed E-state index contributed by atoms with van der Waals surface area (Å²) < 4.78 is 6.33. The Labute approximate surface area is 210 Å². The van der Waals surface area contributed by atoms with Crippen molar-refractivity contribution in [1.29, 1.82) is 0 Å². The number of rotatable bonds is 5. The van der Waals surface area contributed by atoms with E-state index in [-0.39, 0.29) is 40.9 Å². The van der Waals surface area contributed by atoms with E-state index in [9.17, 15) is 14.7 Å². The summed E-state index contributed by atoms with van der Waals surface area (Å²) in [6.45, 7) is 12.7. The van der Waals surface area contributed by atoms with Crippen molar-refractivity contribution in [1.82, 2.24) is 0 Å². The smallest absolute Gasteiger partial charge is 0.316 e. The number of hydrogen-bond donors (Lipinski definition) is 2. The van der Waals surface area contributed by atoms with Crippen molar-refractivity contribution < 1.29 is 19.4 Å². The number of Topliss-reactive ketones (excluding diaryl/α,β-unsaturated/α-hetero) is 1. The number of aliphatic hydroxyl groups is 1. The highest BCUT2D eigenvalue weighted by molar-refractivity contribution is 8.00. The summed E-state index contributed by atoms with van der Waals surface area (Å²) in [5.74, 6) is 0.406. The van der Waals surface area contributed by atoms with Gasteiger partial charge in [0.1, 0.15) is 11.9 Å². The molecule has 6 heteroatoms. The predicted octanol–water partition coefficient (Wildman–Crippen LogP) is 4.90. The van der Waals surface area contributed by atoms with Gasteiger partial charge < -0.3 is 15.6 Å². The van der Waals surface area contributed by atoms with Gasteiger partial charge in [-0.05, 0) is 55.8 Å². The molecule has 4 fully saturated rings. The maximum Gasteiger partial charge on any atom is 0.316 e. The van der Waals surface area contributed by atoms with Gasteiger partial charge in [-0.3, -0.25) is 9.59 Å². The van der Waals surface area contributed by atoms with E-state index in [1.165, 1.54) is 6.42 Å². The number of thioether (sulfide) groups is 1. The molecule has 6 unspecified atom stereocenters. The largest absolute Gasteiger partial charge is 0.461 e. The minimum Gasteiger partial charge on any atom is -0.461 e. The van der Waals surface area contributed by atoms with Gasteiger partial charge in [-0.2, -0.15) is 0 Å². The number of hydrogen-bond acceptors (Lipinski definition) is 6. The Kier molecular flexibility index (Phi) is 7.37. The standard InChI is InChI=1S/C28H45NO4S/c1-6-26(4)15-22(33-23(31)16-34-21-10-8-7-9-19(21)29)27(5)17(2)11-13-28(18(3)25(26)32)14-12-20(30)24(27)28/h6,17-19,21-22,24-25,32H,1,7-16,29H2,2-5H3/t17?,18-,19?,21?,22+,24?,25?,26+,27+,28?/m0/s1. The van der Waals surface area contributed by atoms with Crippen LogP contribution in [0.5, 0.6) is 0 Å². The number of nitrogens with two attached hydrogens (primary N) is 1. The highest BCUT2D eigenvalue weighted by Gasteiger charge is 2.68. The van der Waals surface area contributed by atoms with E-state index in [1.807, 2.05) is 13.0 Å². The number of esters is 1. The fraction of sp³-hybridized carbons (Fsp3) is 0.857. The summed E-state index contributed by atoms with van der Waals surface area (Å²) in [5.41, 5.74) is 5.01. The van der Waals surface area contributed by atoms with Crippen molar-refractivity contribution in [3.05, 3.63) is 12.7 Å². The molecular weight excluding hydrogens is 446 g/mol. The molecule has 192 valence electrons. The van der Waals surface area contributed by atoms with Gasteiger partial charge in [0, 0.05) is 34.5 Å². The Morgan fingerprint density at radius 1 is 1.24 bits per heavy atom. The van der Waals surface area contributed by atoms with Crippen molar-refractivity contribution >= 4 is 23.5 Å². The maximum atomic E-state index is 13.5. The Balaban J connectivity index is 1.65. The van der Waals surface area contributed by atoms with E-state index < -0.39 is 23.0 Å². The zero-order chi connectivity index (χ0) is 24.9. The van der Waals surface area contributed by atoms with Crippen molar-refractivity contribution in [2.45, 2.75) is 109 Å². The lowest BCUT2D eigenvalue weighted by molar-refractivity contribution is -0.205.